The summed E-state index contributed by atoms with van der Waals surface area (Å²) in [6.07, 6.45) is 3.22. The van der Waals surface area contributed by atoms with Crippen molar-refractivity contribution in [3.63, 3.8) is 0 Å². The Morgan fingerprint density at radius 2 is 1.92 bits per heavy atom. The highest BCUT2D eigenvalue weighted by molar-refractivity contribution is 9.10. The number of hydrogen-bond donors (Lipinski definition) is 0. The summed E-state index contributed by atoms with van der Waals surface area (Å²) in [5, 5.41) is 0.705. The lowest BCUT2D eigenvalue weighted by Gasteiger charge is -2.08. The fourth-order valence-electron chi connectivity index (χ4n) is 2.47. The molecule has 0 unspecified atom stereocenters. The van der Waals surface area contributed by atoms with Gasteiger partial charge in [0.05, 0.1) is 16.6 Å². The molecular formula is C17H15BrN2O3S. The molecule has 0 aliphatic rings. The third-order valence-electron chi connectivity index (χ3n) is 3.67. The molecule has 2 aromatic heterocycles. The first-order valence-electron chi connectivity index (χ1n) is 7.26. The number of aryl methyl sites for hydroxylation is 1. The number of benzene rings is 1. The monoisotopic (exact) mass is 406 g/mol. The van der Waals surface area contributed by atoms with E-state index in [0.717, 1.165) is 5.56 Å². The molecule has 0 fully saturated rings. The molecule has 0 N–H and O–H groups in total. The maximum absolute atomic E-state index is 12.9. The van der Waals surface area contributed by atoms with Crippen LogP contribution in [0.1, 0.15) is 18.2 Å². The van der Waals surface area contributed by atoms with E-state index in [9.17, 15) is 13.2 Å². The summed E-state index contributed by atoms with van der Waals surface area (Å²) in [7, 11) is -3.72. The smallest absolute Gasteiger partial charge is 0.268 e. The standard InChI is InChI=1S/C17H15BrN2O3S/c1-11-3-5-14(6-4-11)24(22,23)20-10-16(18)15-8-13(7-12(2)21)19-9-17(15)20/h3-6,8-10H,7H2,1-2H3. The molecule has 0 aliphatic carbocycles. The Hall–Kier alpha value is -1.99. The van der Waals surface area contributed by atoms with Crippen LogP contribution in [0.5, 0.6) is 0 Å². The van der Waals surface area contributed by atoms with E-state index in [-0.39, 0.29) is 17.1 Å². The lowest BCUT2D eigenvalue weighted by molar-refractivity contribution is -0.116. The van der Waals surface area contributed by atoms with Crippen LogP contribution >= 0.6 is 15.9 Å². The van der Waals surface area contributed by atoms with E-state index in [1.54, 1.807) is 30.3 Å². The van der Waals surface area contributed by atoms with Gasteiger partial charge in [0.25, 0.3) is 10.0 Å². The highest BCUT2D eigenvalue weighted by Gasteiger charge is 2.21. The molecule has 7 heteroatoms. The van der Waals surface area contributed by atoms with Crippen LogP contribution in [0.25, 0.3) is 10.9 Å². The number of nitrogens with zero attached hydrogens (tertiary/aromatic N) is 2. The van der Waals surface area contributed by atoms with Crippen LogP contribution in [0.15, 0.2) is 52.1 Å². The first-order chi connectivity index (χ1) is 11.3. The first kappa shape index (κ1) is 16.9. The third-order valence-corrected chi connectivity index (χ3v) is 5.99. The number of ketones is 1. The van der Waals surface area contributed by atoms with Crippen LogP contribution in [0.2, 0.25) is 0 Å². The van der Waals surface area contributed by atoms with Crippen molar-refractivity contribution < 1.29 is 13.2 Å². The van der Waals surface area contributed by atoms with Gasteiger partial charge in [-0.05, 0) is 48.0 Å². The number of hydrogen-bond acceptors (Lipinski definition) is 4. The molecule has 0 spiro atoms. The molecular weight excluding hydrogens is 392 g/mol. The minimum absolute atomic E-state index is 0.00434. The summed E-state index contributed by atoms with van der Waals surface area (Å²) in [6, 6.07) is 8.43. The zero-order valence-corrected chi connectivity index (χ0v) is 15.6. The molecule has 5 nitrogen and oxygen atoms in total. The van der Waals surface area contributed by atoms with Crippen LogP contribution in [0.3, 0.4) is 0 Å². The molecule has 124 valence electrons. The van der Waals surface area contributed by atoms with E-state index in [4.69, 9.17) is 0 Å². The largest absolute Gasteiger partial charge is 0.300 e. The Kier molecular flexibility index (Phi) is 4.31. The van der Waals surface area contributed by atoms with Crippen molar-refractivity contribution in [2.45, 2.75) is 25.2 Å². The maximum atomic E-state index is 12.9. The second-order valence-electron chi connectivity index (χ2n) is 5.66. The summed E-state index contributed by atoms with van der Waals surface area (Å²) in [5.74, 6) is 0.00434. The molecule has 0 radical (unpaired) electrons. The lowest BCUT2D eigenvalue weighted by atomic mass is 10.2. The van der Waals surface area contributed by atoms with E-state index in [1.807, 2.05) is 6.92 Å². The van der Waals surface area contributed by atoms with E-state index < -0.39 is 10.0 Å². The van der Waals surface area contributed by atoms with Gasteiger partial charge in [-0.3, -0.25) is 9.78 Å². The molecule has 0 amide bonds. The molecule has 24 heavy (non-hydrogen) atoms. The normalized spacial score (nSPS) is 11.8. The zero-order chi connectivity index (χ0) is 17.5. The van der Waals surface area contributed by atoms with Crippen molar-refractivity contribution in [2.24, 2.45) is 0 Å². The van der Waals surface area contributed by atoms with Gasteiger partial charge in [0.1, 0.15) is 5.78 Å². The number of aromatic nitrogens is 2. The highest BCUT2D eigenvalue weighted by Crippen LogP contribution is 2.29. The van der Waals surface area contributed by atoms with Crippen LogP contribution < -0.4 is 0 Å². The third kappa shape index (κ3) is 3.01. The van der Waals surface area contributed by atoms with Gasteiger partial charge in [-0.15, -0.1) is 0 Å². The van der Waals surface area contributed by atoms with E-state index in [1.165, 1.54) is 23.3 Å². The van der Waals surface area contributed by atoms with Crippen LogP contribution in [0, 0.1) is 6.92 Å². The minimum atomic E-state index is -3.72. The zero-order valence-electron chi connectivity index (χ0n) is 13.2. The van der Waals surface area contributed by atoms with Gasteiger partial charge < -0.3 is 0 Å². The number of fused-ring (bicyclic) bond motifs is 1. The summed E-state index contributed by atoms with van der Waals surface area (Å²) < 4.78 is 27.6. The molecule has 3 rings (SSSR count). The number of Topliss-reactive ketones (excluding diaryl/α,β-unsaturated/α-hetero) is 1. The van der Waals surface area contributed by atoms with Gasteiger partial charge >= 0.3 is 0 Å². The lowest BCUT2D eigenvalue weighted by Crippen LogP contribution is -2.12. The second-order valence-corrected chi connectivity index (χ2v) is 8.33. The Balaban J connectivity index is 2.16. The minimum Gasteiger partial charge on any atom is -0.300 e. The molecule has 0 saturated carbocycles. The maximum Gasteiger partial charge on any atom is 0.268 e. The number of carbonyl (C=O) groups excluding carboxylic acids is 1. The van der Waals surface area contributed by atoms with Gasteiger partial charge in [-0.2, -0.15) is 0 Å². The second kappa shape index (κ2) is 6.14. The van der Waals surface area contributed by atoms with Crippen molar-refractivity contribution in [3.8, 4) is 0 Å². The van der Waals surface area contributed by atoms with Gasteiger partial charge in [0.2, 0.25) is 0 Å². The number of carbonyl (C=O) groups is 1. The van der Waals surface area contributed by atoms with Crippen molar-refractivity contribution in [3.05, 3.63) is 58.5 Å². The molecule has 0 atom stereocenters. The summed E-state index contributed by atoms with van der Waals surface area (Å²) in [6.45, 7) is 3.40. The van der Waals surface area contributed by atoms with Gasteiger partial charge in [0.15, 0.2) is 0 Å². The number of pyridine rings is 1. The van der Waals surface area contributed by atoms with E-state index in [0.29, 0.717) is 21.1 Å². The quantitative estimate of drug-likeness (QED) is 0.664. The van der Waals surface area contributed by atoms with Gasteiger partial charge in [-0.1, -0.05) is 17.7 Å². The van der Waals surface area contributed by atoms with Gasteiger partial charge in [0, 0.05) is 28.2 Å². The molecule has 2 heterocycles. The average Bonchev–Trinajstić information content (AvgIpc) is 2.85. The first-order valence-corrected chi connectivity index (χ1v) is 9.49. The van der Waals surface area contributed by atoms with Crippen LogP contribution in [-0.2, 0) is 21.2 Å². The molecule has 3 aromatic rings. The predicted molar refractivity (Wildman–Crippen MR) is 95.6 cm³/mol. The van der Waals surface area contributed by atoms with E-state index >= 15 is 0 Å². The summed E-state index contributed by atoms with van der Waals surface area (Å²) in [4.78, 5) is 15.7. The van der Waals surface area contributed by atoms with Crippen LogP contribution in [0.4, 0.5) is 0 Å². The topological polar surface area (TPSA) is 69.0 Å². The molecule has 0 bridgehead atoms. The van der Waals surface area contributed by atoms with Crippen molar-refractivity contribution >= 4 is 42.6 Å². The molecule has 0 aliphatic heterocycles. The summed E-state index contributed by atoms with van der Waals surface area (Å²) in [5.41, 5.74) is 2.07. The predicted octanol–water partition coefficient (Wildman–Crippen LogP) is 3.48. The number of halogens is 1. The Bertz CT molecular complexity index is 1040. The molecule has 0 saturated heterocycles. The Labute approximate surface area is 148 Å². The fraction of sp³-hybridized carbons (Fsp3) is 0.176. The Morgan fingerprint density at radius 3 is 2.54 bits per heavy atom. The average molecular weight is 407 g/mol. The molecule has 1 aromatic carbocycles. The van der Waals surface area contributed by atoms with E-state index in [2.05, 4.69) is 20.9 Å². The van der Waals surface area contributed by atoms with Crippen molar-refractivity contribution in [1.82, 2.24) is 8.96 Å². The summed E-state index contributed by atoms with van der Waals surface area (Å²) >= 11 is 3.40. The Morgan fingerprint density at radius 1 is 1.25 bits per heavy atom. The SMILES string of the molecule is CC(=O)Cc1cc2c(Br)cn(S(=O)(=O)c3ccc(C)cc3)c2cn1. The number of rotatable bonds is 4. The fourth-order valence-corrected chi connectivity index (χ4v) is 4.49. The van der Waals surface area contributed by atoms with Crippen molar-refractivity contribution in [1.29, 1.82) is 0 Å². The van der Waals surface area contributed by atoms with Crippen molar-refractivity contribution in [2.75, 3.05) is 0 Å². The van der Waals surface area contributed by atoms with Crippen LogP contribution in [-0.4, -0.2) is 23.2 Å². The van der Waals surface area contributed by atoms with Gasteiger partial charge in [-0.25, -0.2) is 12.4 Å². The highest BCUT2D eigenvalue weighted by atomic mass is 79.9.